The van der Waals surface area contributed by atoms with Crippen LogP contribution in [-0.4, -0.2) is 25.1 Å². The van der Waals surface area contributed by atoms with Crippen molar-refractivity contribution < 1.29 is 9.53 Å². The van der Waals surface area contributed by atoms with Crippen molar-refractivity contribution in [2.75, 3.05) is 13.7 Å². The number of hydrogen-bond donors (Lipinski definition) is 2. The van der Waals surface area contributed by atoms with Crippen molar-refractivity contribution in [1.82, 2.24) is 5.32 Å². The molecule has 0 aromatic heterocycles. The Hall–Kier alpha value is -1.78. The first-order valence-electron chi connectivity index (χ1n) is 8.67. The number of nitrogens with two attached hydrogens (primary N) is 1. The molecule has 1 unspecified atom stereocenters. The Morgan fingerprint density at radius 3 is 2.48 bits per heavy atom. The Morgan fingerprint density at radius 1 is 1.20 bits per heavy atom. The molecule has 0 bridgehead atoms. The first-order chi connectivity index (χ1) is 11.6. The van der Waals surface area contributed by atoms with Crippen LogP contribution in [0.5, 0.6) is 5.75 Å². The van der Waals surface area contributed by atoms with Gasteiger partial charge >= 0.3 is 0 Å². The number of nitrogens with one attached hydrogen (secondary N) is 1. The van der Waals surface area contributed by atoms with E-state index in [1.807, 2.05) is 37.3 Å². The molecule has 0 heterocycles. The number of methoxy groups -OCH3 is 1. The van der Waals surface area contributed by atoms with Gasteiger partial charge in [-0.2, -0.15) is 0 Å². The van der Waals surface area contributed by atoms with Crippen LogP contribution in [-0.2, 0) is 4.79 Å². The monoisotopic (exact) mass is 362 g/mol. The molecule has 0 aliphatic heterocycles. The summed E-state index contributed by atoms with van der Waals surface area (Å²) in [6.45, 7) is 2.47. The number of carbonyl (C=O) groups is 1. The molecule has 136 valence electrons. The van der Waals surface area contributed by atoms with Gasteiger partial charge in [-0.1, -0.05) is 37.1 Å². The molecular formula is C20H27ClN2O2. The summed E-state index contributed by atoms with van der Waals surface area (Å²) in [7, 11) is 1.66. The molecule has 1 aliphatic rings. The molecule has 25 heavy (non-hydrogen) atoms. The molecule has 0 spiro atoms. The second-order valence-corrected chi connectivity index (χ2v) is 6.88. The van der Waals surface area contributed by atoms with E-state index in [0.29, 0.717) is 6.54 Å². The van der Waals surface area contributed by atoms with Crippen LogP contribution < -0.4 is 15.8 Å². The molecule has 1 saturated carbocycles. The Bertz CT molecular complexity index is 742. The maximum Gasteiger partial charge on any atom is 0.227 e. The molecule has 5 heteroatoms. The van der Waals surface area contributed by atoms with E-state index in [4.69, 9.17) is 10.5 Å². The van der Waals surface area contributed by atoms with Crippen LogP contribution in [0.15, 0.2) is 36.4 Å². The highest BCUT2D eigenvalue weighted by molar-refractivity contribution is 5.88. The minimum Gasteiger partial charge on any atom is -0.497 e. The normalized spacial score (nSPS) is 16.9. The summed E-state index contributed by atoms with van der Waals surface area (Å²) in [5, 5.41) is 5.45. The standard InChI is InChI=1S/C20H26N2O2.ClH/c1-14(19(23)22-20(13-21)9-3-4-10-20)15-5-6-17-12-18(24-2)8-7-16(17)11-15;/h5-8,11-12,14H,3-4,9-10,13,21H2,1-2H3,(H,22,23);1H. The lowest BCUT2D eigenvalue weighted by atomic mass is 9.93. The summed E-state index contributed by atoms with van der Waals surface area (Å²) in [5.74, 6) is 0.711. The summed E-state index contributed by atoms with van der Waals surface area (Å²) in [6.07, 6.45) is 4.26. The van der Waals surface area contributed by atoms with Gasteiger partial charge in [-0.25, -0.2) is 0 Å². The molecular weight excluding hydrogens is 336 g/mol. The van der Waals surface area contributed by atoms with Gasteiger partial charge in [-0.15, -0.1) is 12.4 Å². The zero-order valence-electron chi connectivity index (χ0n) is 14.9. The van der Waals surface area contributed by atoms with E-state index >= 15 is 0 Å². The number of hydrogen-bond acceptors (Lipinski definition) is 3. The second-order valence-electron chi connectivity index (χ2n) is 6.88. The first kappa shape index (κ1) is 19.5. The van der Waals surface area contributed by atoms with E-state index in [0.717, 1.165) is 47.8 Å². The van der Waals surface area contributed by atoms with Crippen molar-refractivity contribution >= 4 is 29.1 Å². The largest absolute Gasteiger partial charge is 0.497 e. The van der Waals surface area contributed by atoms with Crippen molar-refractivity contribution in [1.29, 1.82) is 0 Å². The highest BCUT2D eigenvalue weighted by Gasteiger charge is 2.35. The van der Waals surface area contributed by atoms with Gasteiger partial charge in [0.2, 0.25) is 5.91 Å². The number of benzene rings is 2. The van der Waals surface area contributed by atoms with E-state index in [1.54, 1.807) is 7.11 Å². The summed E-state index contributed by atoms with van der Waals surface area (Å²) < 4.78 is 5.26. The van der Waals surface area contributed by atoms with Crippen LogP contribution in [0.4, 0.5) is 0 Å². The Kier molecular flexibility index (Phi) is 6.31. The lowest BCUT2D eigenvalue weighted by Gasteiger charge is -2.30. The second kappa shape index (κ2) is 8.07. The Labute approximate surface area is 155 Å². The fourth-order valence-corrected chi connectivity index (χ4v) is 3.59. The third kappa shape index (κ3) is 4.07. The number of ether oxygens (including phenoxy) is 1. The van der Waals surface area contributed by atoms with Crippen LogP contribution in [0.1, 0.15) is 44.1 Å². The van der Waals surface area contributed by atoms with Crippen molar-refractivity contribution in [3.8, 4) is 5.75 Å². The predicted molar refractivity (Wildman–Crippen MR) is 105 cm³/mol. The zero-order chi connectivity index (χ0) is 17.2. The zero-order valence-corrected chi connectivity index (χ0v) is 15.7. The quantitative estimate of drug-likeness (QED) is 0.851. The van der Waals surface area contributed by atoms with Crippen LogP contribution in [0.3, 0.4) is 0 Å². The molecule has 4 nitrogen and oxygen atoms in total. The molecule has 3 N–H and O–H groups in total. The molecule has 1 aliphatic carbocycles. The molecule has 0 radical (unpaired) electrons. The molecule has 3 rings (SSSR count). The van der Waals surface area contributed by atoms with E-state index < -0.39 is 0 Å². The SMILES string of the molecule is COc1ccc2cc(C(C)C(=O)NC3(CN)CCCC3)ccc2c1.Cl. The van der Waals surface area contributed by atoms with Crippen molar-refractivity contribution in [3.63, 3.8) is 0 Å². The molecule has 1 atom stereocenters. The molecule has 2 aromatic rings. The summed E-state index contributed by atoms with van der Waals surface area (Å²) in [6, 6.07) is 12.1. The van der Waals surface area contributed by atoms with Crippen molar-refractivity contribution in [2.45, 2.75) is 44.1 Å². The fraction of sp³-hybridized carbons (Fsp3) is 0.450. The third-order valence-electron chi connectivity index (χ3n) is 5.30. The van der Waals surface area contributed by atoms with E-state index in [1.165, 1.54) is 0 Å². The average Bonchev–Trinajstić information content (AvgIpc) is 3.09. The van der Waals surface area contributed by atoms with Crippen LogP contribution in [0.2, 0.25) is 0 Å². The number of fused-ring (bicyclic) bond motifs is 1. The van der Waals surface area contributed by atoms with Gasteiger partial charge in [0.1, 0.15) is 5.75 Å². The Balaban J connectivity index is 0.00000225. The third-order valence-corrected chi connectivity index (χ3v) is 5.30. The van der Waals surface area contributed by atoms with Gasteiger partial charge in [0.05, 0.1) is 18.6 Å². The highest BCUT2D eigenvalue weighted by Crippen LogP contribution is 2.30. The minimum atomic E-state index is -0.199. The number of amides is 1. The maximum absolute atomic E-state index is 12.7. The van der Waals surface area contributed by atoms with Gasteiger partial charge in [0, 0.05) is 6.54 Å². The fourth-order valence-electron chi connectivity index (χ4n) is 3.59. The lowest BCUT2D eigenvalue weighted by molar-refractivity contribution is -0.124. The number of rotatable bonds is 5. The number of halogens is 1. The summed E-state index contributed by atoms with van der Waals surface area (Å²) in [4.78, 5) is 12.7. The smallest absolute Gasteiger partial charge is 0.227 e. The van der Waals surface area contributed by atoms with Gasteiger partial charge in [0.15, 0.2) is 0 Å². The van der Waals surface area contributed by atoms with Gasteiger partial charge in [-0.3, -0.25) is 4.79 Å². The van der Waals surface area contributed by atoms with Crippen LogP contribution in [0, 0.1) is 0 Å². The highest BCUT2D eigenvalue weighted by atomic mass is 35.5. The summed E-state index contributed by atoms with van der Waals surface area (Å²) >= 11 is 0. The van der Waals surface area contributed by atoms with E-state index in [2.05, 4.69) is 11.4 Å². The first-order valence-corrected chi connectivity index (χ1v) is 8.67. The molecule has 0 saturated heterocycles. The lowest BCUT2D eigenvalue weighted by Crippen LogP contribution is -2.52. The molecule has 2 aromatic carbocycles. The van der Waals surface area contributed by atoms with E-state index in [9.17, 15) is 4.79 Å². The molecule has 1 fully saturated rings. The van der Waals surface area contributed by atoms with Gasteiger partial charge in [-0.05, 0) is 48.2 Å². The Morgan fingerprint density at radius 2 is 1.84 bits per heavy atom. The van der Waals surface area contributed by atoms with Crippen molar-refractivity contribution in [2.24, 2.45) is 5.73 Å². The van der Waals surface area contributed by atoms with Crippen molar-refractivity contribution in [3.05, 3.63) is 42.0 Å². The summed E-state index contributed by atoms with van der Waals surface area (Å²) in [5.41, 5.74) is 6.76. The van der Waals surface area contributed by atoms with Crippen LogP contribution in [0.25, 0.3) is 10.8 Å². The molecule has 1 amide bonds. The van der Waals surface area contributed by atoms with Gasteiger partial charge < -0.3 is 15.8 Å². The maximum atomic E-state index is 12.7. The van der Waals surface area contributed by atoms with E-state index in [-0.39, 0.29) is 29.8 Å². The number of carbonyl (C=O) groups excluding carboxylic acids is 1. The predicted octanol–water partition coefficient (Wildman–Crippen LogP) is 3.76. The minimum absolute atomic E-state index is 0. The van der Waals surface area contributed by atoms with Gasteiger partial charge in [0.25, 0.3) is 0 Å². The average molecular weight is 363 g/mol. The topological polar surface area (TPSA) is 64.3 Å². The van der Waals surface area contributed by atoms with Crippen LogP contribution >= 0.6 is 12.4 Å².